The van der Waals surface area contributed by atoms with E-state index < -0.39 is 0 Å². The van der Waals surface area contributed by atoms with Crippen LogP contribution in [0.5, 0.6) is 0 Å². The van der Waals surface area contributed by atoms with Crippen molar-refractivity contribution in [3.63, 3.8) is 0 Å². The second kappa shape index (κ2) is 7.35. The van der Waals surface area contributed by atoms with Crippen LogP contribution in [0.1, 0.15) is 4.28 Å². The Morgan fingerprint density at radius 1 is 0.625 bits per heavy atom. The molecule has 0 aromatic heterocycles. The van der Waals surface area contributed by atoms with E-state index in [2.05, 4.69) is 0 Å². The molecule has 0 aliphatic carbocycles. The number of benzene rings is 1. The first-order chi connectivity index (χ1) is 3.00. The largest absolute Gasteiger partial charge is 0.0623 e. The van der Waals surface area contributed by atoms with Crippen molar-refractivity contribution in [3.8, 4) is 0 Å². The van der Waals surface area contributed by atoms with Crippen molar-refractivity contribution in [1.29, 1.82) is 0 Å². The van der Waals surface area contributed by atoms with Gasteiger partial charge in [0.2, 0.25) is 0 Å². The van der Waals surface area contributed by atoms with Gasteiger partial charge in [-0.25, -0.2) is 0 Å². The maximum atomic E-state index is 2.00. The van der Waals surface area contributed by atoms with Crippen molar-refractivity contribution in [2.45, 2.75) is 0 Å². The second-order valence-corrected chi connectivity index (χ2v) is 1.15. The fourth-order valence-corrected chi connectivity index (χ4v) is 0.385. The summed E-state index contributed by atoms with van der Waals surface area (Å²) >= 11 is 0. The summed E-state index contributed by atoms with van der Waals surface area (Å²) in [5.41, 5.74) is 0. The van der Waals surface area contributed by atoms with Gasteiger partial charge in [0, 0.05) is 4.28 Å². The number of hydrogen-bond donors (Lipinski definition) is 0. The Balaban J connectivity index is -0.0000000240. The van der Waals surface area contributed by atoms with Gasteiger partial charge in [0.05, 0.1) is 0 Å². The van der Waals surface area contributed by atoms with E-state index in [1.54, 1.807) is 0 Å². The van der Waals surface area contributed by atoms with E-state index in [1.165, 1.54) is 0 Å². The summed E-state index contributed by atoms with van der Waals surface area (Å²) in [5.74, 6) is 0. The van der Waals surface area contributed by atoms with E-state index in [1.807, 2.05) is 36.4 Å². The molecule has 0 saturated heterocycles. The predicted octanol–water partition coefficient (Wildman–Crippen LogP) is 0.592. The molecule has 0 atom stereocenters. The van der Waals surface area contributed by atoms with Crippen LogP contribution in [0, 0.1) is 0 Å². The van der Waals surface area contributed by atoms with Crippen molar-refractivity contribution in [2.75, 3.05) is 0 Å². The van der Waals surface area contributed by atoms with Crippen LogP contribution >= 0.6 is 0 Å². The Morgan fingerprint density at radius 3 is 0.875 bits per heavy atom. The molecule has 0 unspecified atom stereocenters. The van der Waals surface area contributed by atoms with Crippen LogP contribution in [0.25, 0.3) is 0 Å². The van der Waals surface area contributed by atoms with Gasteiger partial charge in [0.25, 0.3) is 0 Å². The van der Waals surface area contributed by atoms with Gasteiger partial charge in [-0.05, 0) is 0 Å². The summed E-state index contributed by atoms with van der Waals surface area (Å²) in [6.45, 7) is 0. The first kappa shape index (κ1) is 11.2. The zero-order valence-electron chi connectivity index (χ0n) is 3.46. The smallest absolute Gasteiger partial charge is 0.0623 e. The van der Waals surface area contributed by atoms with E-state index >= 15 is 0 Å². The molecule has 0 nitrogen and oxygen atoms in total. The molecule has 8 heavy (non-hydrogen) atoms. The van der Waals surface area contributed by atoms with Crippen LogP contribution in [-0.4, -0.2) is 36.2 Å². The van der Waals surface area contributed by atoms with Crippen LogP contribution in [-0.2, 0) is 0 Å². The molecule has 0 spiro atoms. The van der Waals surface area contributed by atoms with E-state index in [4.69, 9.17) is 0 Å². The molecule has 0 amide bonds. The second-order valence-electron chi connectivity index (χ2n) is 1.15. The summed E-state index contributed by atoms with van der Waals surface area (Å²) < 4.78 is 0. The minimum Gasteiger partial charge on any atom is -0.0623 e. The Bertz CT molecular complexity index is 89.8. The molecule has 0 bridgehead atoms. The molecular weight excluding hydrogens is 106 g/mol. The molecule has 0 aliphatic rings. The molecular formula is C6H16AlLi. The summed E-state index contributed by atoms with van der Waals surface area (Å²) in [5, 5.41) is 0. The van der Waals surface area contributed by atoms with E-state index in [0.717, 1.165) is 0 Å². The number of hydrogen-bond acceptors (Lipinski definition) is 0. The zero-order chi connectivity index (χ0) is 4.24. The van der Waals surface area contributed by atoms with Gasteiger partial charge in [-0.15, -0.1) is 0 Å². The van der Waals surface area contributed by atoms with Gasteiger partial charge >= 0.3 is 18.9 Å². The molecule has 1 aromatic carbocycles. The SMILES string of the molecule is [AlH3].[HH].[HH].[HH].[LiH].c1ccccc1. The van der Waals surface area contributed by atoms with Crippen molar-refractivity contribution >= 4 is 36.2 Å². The molecule has 0 heterocycles. The van der Waals surface area contributed by atoms with Crippen molar-refractivity contribution in [2.24, 2.45) is 0 Å². The molecule has 0 saturated carbocycles. The van der Waals surface area contributed by atoms with E-state index in [9.17, 15) is 0 Å². The van der Waals surface area contributed by atoms with Gasteiger partial charge in [-0.1, -0.05) is 36.4 Å². The Kier molecular flexibility index (Phi) is 10.3. The quantitative estimate of drug-likeness (QED) is 0.442. The Labute approximate surface area is 77.1 Å². The average molecular weight is 122 g/mol. The van der Waals surface area contributed by atoms with Crippen LogP contribution < -0.4 is 0 Å². The third-order valence-corrected chi connectivity index (χ3v) is 0.667. The summed E-state index contributed by atoms with van der Waals surface area (Å²) in [6, 6.07) is 12.0. The summed E-state index contributed by atoms with van der Waals surface area (Å²) in [7, 11) is 0. The van der Waals surface area contributed by atoms with E-state index in [-0.39, 0.29) is 40.5 Å². The Hall–Kier alpha value is 0.350. The molecule has 44 valence electrons. The van der Waals surface area contributed by atoms with Crippen LogP contribution in [0.3, 0.4) is 0 Å². The first-order valence-corrected chi connectivity index (χ1v) is 2.00. The molecule has 0 aliphatic heterocycles. The molecule has 1 aromatic rings. The van der Waals surface area contributed by atoms with Gasteiger partial charge < -0.3 is 0 Å². The first-order valence-electron chi connectivity index (χ1n) is 2.00. The van der Waals surface area contributed by atoms with Crippen molar-refractivity contribution < 1.29 is 4.28 Å². The monoisotopic (exact) mass is 122 g/mol. The normalized spacial score (nSPS) is 6.00. The molecule has 0 N–H and O–H groups in total. The van der Waals surface area contributed by atoms with Crippen LogP contribution in [0.2, 0.25) is 0 Å². The Morgan fingerprint density at radius 2 is 0.750 bits per heavy atom. The predicted molar refractivity (Wildman–Crippen MR) is 49.9 cm³/mol. The van der Waals surface area contributed by atoms with E-state index in [0.29, 0.717) is 0 Å². The molecule has 0 fully saturated rings. The van der Waals surface area contributed by atoms with Gasteiger partial charge in [-0.3, -0.25) is 0 Å². The third kappa shape index (κ3) is 4.51. The minimum absolute atomic E-state index is 0. The van der Waals surface area contributed by atoms with Crippen molar-refractivity contribution in [1.82, 2.24) is 0 Å². The molecule has 1 rings (SSSR count). The topological polar surface area (TPSA) is 0 Å². The molecule has 0 radical (unpaired) electrons. The fourth-order valence-electron chi connectivity index (χ4n) is 0.385. The maximum absolute atomic E-state index is 2.00. The molecule has 2 heteroatoms. The summed E-state index contributed by atoms with van der Waals surface area (Å²) in [6.07, 6.45) is 0. The number of rotatable bonds is 0. The van der Waals surface area contributed by atoms with Gasteiger partial charge in [-0.2, -0.15) is 0 Å². The fraction of sp³-hybridized carbons (Fsp3) is 0. The maximum Gasteiger partial charge on any atom is -0.0623 e. The third-order valence-electron chi connectivity index (χ3n) is 0.667. The van der Waals surface area contributed by atoms with Crippen LogP contribution in [0.4, 0.5) is 0 Å². The standard InChI is InChI=1S/C6H6.Al.Li.3H2.4H/c1-2-4-6-5-3-1;;;;;;;;;/h1-6H;;;3*1H;;;;. The zero-order valence-corrected chi connectivity index (χ0v) is 3.46. The van der Waals surface area contributed by atoms with Crippen molar-refractivity contribution in [3.05, 3.63) is 36.4 Å². The van der Waals surface area contributed by atoms with Gasteiger partial charge in [0.15, 0.2) is 17.4 Å². The average Bonchev–Trinajstić information content (AvgIpc) is 1.72. The van der Waals surface area contributed by atoms with Gasteiger partial charge in [0.1, 0.15) is 0 Å². The minimum atomic E-state index is 0. The van der Waals surface area contributed by atoms with Crippen LogP contribution in [0.15, 0.2) is 36.4 Å². The summed E-state index contributed by atoms with van der Waals surface area (Å²) in [4.78, 5) is 0.